The lowest BCUT2D eigenvalue weighted by Gasteiger charge is -2.08. The van der Waals surface area contributed by atoms with Gasteiger partial charge in [0.2, 0.25) is 0 Å². The van der Waals surface area contributed by atoms with Crippen LogP contribution in [0.2, 0.25) is 0 Å². The van der Waals surface area contributed by atoms with Gasteiger partial charge in [-0.25, -0.2) is 4.98 Å². The summed E-state index contributed by atoms with van der Waals surface area (Å²) in [4.78, 5) is 30.0. The minimum atomic E-state index is -0.299. The van der Waals surface area contributed by atoms with Crippen LogP contribution in [0.15, 0.2) is 46.8 Å². The Labute approximate surface area is 123 Å². The minimum Gasteiger partial charge on any atom is -0.483 e. The number of thiazole rings is 1. The molecule has 1 aromatic carbocycles. The minimum absolute atomic E-state index is 0.147. The molecular formula is C14H11N3O3S. The number of carbonyl (C=O) groups is 1. The Kier molecular flexibility index (Phi) is 3.65. The van der Waals surface area contributed by atoms with E-state index in [0.29, 0.717) is 21.7 Å². The van der Waals surface area contributed by atoms with E-state index in [2.05, 4.69) is 15.3 Å². The van der Waals surface area contributed by atoms with Crippen molar-refractivity contribution in [2.24, 2.45) is 0 Å². The molecule has 2 aromatic heterocycles. The molecule has 0 aliphatic carbocycles. The molecule has 7 heteroatoms. The molecule has 0 aliphatic rings. The lowest BCUT2D eigenvalue weighted by molar-refractivity contribution is -0.118. The lowest BCUT2D eigenvalue weighted by Crippen LogP contribution is -2.20. The topological polar surface area (TPSA) is 84.1 Å². The maximum Gasteiger partial charge on any atom is 0.264 e. The number of nitrogens with zero attached hydrogens (tertiary/aromatic N) is 1. The summed E-state index contributed by atoms with van der Waals surface area (Å²) in [6.07, 6.45) is 3.16. The number of aromatic amines is 1. The van der Waals surface area contributed by atoms with Crippen LogP contribution in [0.25, 0.3) is 10.8 Å². The summed E-state index contributed by atoms with van der Waals surface area (Å²) in [7, 11) is 0. The highest BCUT2D eigenvalue weighted by atomic mass is 32.1. The fourth-order valence-electron chi connectivity index (χ4n) is 1.90. The Balaban J connectivity index is 1.75. The van der Waals surface area contributed by atoms with E-state index >= 15 is 0 Å². The number of ether oxygens (including phenoxy) is 1. The standard InChI is InChI=1S/C14H11N3O3S/c18-12(17-14-16-6-7-21-14)8-20-11-3-1-2-10-9(11)4-5-15-13(10)19/h1-7H,8H2,(H,15,19)(H,16,17,18). The smallest absolute Gasteiger partial charge is 0.264 e. The average molecular weight is 301 g/mol. The van der Waals surface area contributed by atoms with Gasteiger partial charge in [-0.05, 0) is 18.2 Å². The van der Waals surface area contributed by atoms with Crippen LogP contribution in [0.5, 0.6) is 5.75 Å². The van der Waals surface area contributed by atoms with Crippen LogP contribution in [0.4, 0.5) is 5.13 Å². The third kappa shape index (κ3) is 2.92. The molecule has 106 valence electrons. The van der Waals surface area contributed by atoms with Crippen LogP contribution in [-0.4, -0.2) is 22.5 Å². The second-order valence-corrected chi connectivity index (χ2v) is 5.09. The fraction of sp³-hybridized carbons (Fsp3) is 0.0714. The van der Waals surface area contributed by atoms with Crippen LogP contribution in [0.3, 0.4) is 0 Å². The summed E-state index contributed by atoms with van der Waals surface area (Å²) in [5.74, 6) is 0.194. The van der Waals surface area contributed by atoms with Crippen LogP contribution >= 0.6 is 11.3 Å². The molecule has 0 fully saturated rings. The Hall–Kier alpha value is -2.67. The molecule has 0 saturated carbocycles. The van der Waals surface area contributed by atoms with Gasteiger partial charge in [0.1, 0.15) is 5.75 Å². The maximum absolute atomic E-state index is 11.7. The zero-order valence-electron chi connectivity index (χ0n) is 10.8. The molecule has 0 radical (unpaired) electrons. The maximum atomic E-state index is 11.7. The third-order valence-corrected chi connectivity index (χ3v) is 3.50. The number of aromatic nitrogens is 2. The normalized spacial score (nSPS) is 10.5. The van der Waals surface area contributed by atoms with Crippen LogP contribution < -0.4 is 15.6 Å². The number of hydrogen-bond donors (Lipinski definition) is 2. The van der Waals surface area contributed by atoms with Crippen molar-refractivity contribution in [2.45, 2.75) is 0 Å². The number of nitrogens with one attached hydrogen (secondary N) is 2. The van der Waals surface area contributed by atoms with E-state index in [0.717, 1.165) is 0 Å². The van der Waals surface area contributed by atoms with E-state index < -0.39 is 0 Å². The first-order chi connectivity index (χ1) is 10.2. The number of H-pyrrole nitrogens is 1. The van der Waals surface area contributed by atoms with Gasteiger partial charge in [0.15, 0.2) is 11.7 Å². The molecule has 0 bridgehead atoms. The number of pyridine rings is 1. The molecule has 2 heterocycles. The number of rotatable bonds is 4. The van der Waals surface area contributed by atoms with E-state index in [4.69, 9.17) is 4.74 Å². The Morgan fingerprint density at radius 2 is 2.24 bits per heavy atom. The molecule has 3 rings (SSSR count). The SMILES string of the molecule is O=C(COc1cccc2c(=O)[nH]ccc12)Nc1nccs1. The second kappa shape index (κ2) is 5.76. The highest BCUT2D eigenvalue weighted by molar-refractivity contribution is 7.13. The number of anilines is 1. The van der Waals surface area contributed by atoms with Gasteiger partial charge in [-0.1, -0.05) is 6.07 Å². The Bertz CT molecular complexity index is 827. The van der Waals surface area contributed by atoms with Gasteiger partial charge in [0.25, 0.3) is 11.5 Å². The number of carbonyl (C=O) groups excluding carboxylic acids is 1. The zero-order valence-corrected chi connectivity index (χ0v) is 11.6. The molecule has 2 N–H and O–H groups in total. The van der Waals surface area contributed by atoms with Crippen molar-refractivity contribution in [3.05, 3.63) is 52.4 Å². The predicted octanol–water partition coefficient (Wildman–Crippen LogP) is 2.00. The molecule has 0 atom stereocenters. The lowest BCUT2D eigenvalue weighted by atomic mass is 10.1. The van der Waals surface area contributed by atoms with Gasteiger partial charge in [0.05, 0.1) is 5.39 Å². The Morgan fingerprint density at radius 3 is 3.05 bits per heavy atom. The van der Waals surface area contributed by atoms with Crippen LogP contribution in [0.1, 0.15) is 0 Å². The van der Waals surface area contributed by atoms with Crippen molar-refractivity contribution in [3.63, 3.8) is 0 Å². The van der Waals surface area contributed by atoms with Gasteiger partial charge < -0.3 is 9.72 Å². The van der Waals surface area contributed by atoms with Crippen molar-refractivity contribution in [1.82, 2.24) is 9.97 Å². The number of hydrogen-bond acceptors (Lipinski definition) is 5. The molecule has 6 nitrogen and oxygen atoms in total. The summed E-state index contributed by atoms with van der Waals surface area (Å²) in [5.41, 5.74) is -0.190. The monoisotopic (exact) mass is 301 g/mol. The van der Waals surface area contributed by atoms with Crippen molar-refractivity contribution in [1.29, 1.82) is 0 Å². The first-order valence-corrected chi connectivity index (χ1v) is 7.04. The summed E-state index contributed by atoms with van der Waals surface area (Å²) < 4.78 is 5.50. The van der Waals surface area contributed by atoms with E-state index in [1.54, 1.807) is 42.0 Å². The summed E-state index contributed by atoms with van der Waals surface area (Å²) in [5, 5.41) is 6.12. The second-order valence-electron chi connectivity index (χ2n) is 4.20. The average Bonchev–Trinajstić information content (AvgIpc) is 2.98. The molecule has 0 spiro atoms. The predicted molar refractivity (Wildman–Crippen MR) is 80.8 cm³/mol. The first kappa shape index (κ1) is 13.3. The number of benzene rings is 1. The molecule has 1 amide bonds. The van der Waals surface area contributed by atoms with Gasteiger partial charge >= 0.3 is 0 Å². The van der Waals surface area contributed by atoms with Crippen molar-refractivity contribution < 1.29 is 9.53 Å². The van der Waals surface area contributed by atoms with Crippen LogP contribution in [0, 0.1) is 0 Å². The molecule has 0 aliphatic heterocycles. The summed E-state index contributed by atoms with van der Waals surface area (Å²) >= 11 is 1.33. The van der Waals surface area contributed by atoms with Gasteiger partial charge in [0, 0.05) is 23.2 Å². The van der Waals surface area contributed by atoms with Gasteiger partial charge in [-0.3, -0.25) is 14.9 Å². The largest absolute Gasteiger partial charge is 0.483 e. The highest BCUT2D eigenvalue weighted by Gasteiger charge is 2.08. The molecule has 3 aromatic rings. The van der Waals surface area contributed by atoms with Crippen molar-refractivity contribution in [2.75, 3.05) is 11.9 Å². The quantitative estimate of drug-likeness (QED) is 0.772. The first-order valence-electron chi connectivity index (χ1n) is 6.16. The van der Waals surface area contributed by atoms with E-state index in [9.17, 15) is 9.59 Å². The van der Waals surface area contributed by atoms with E-state index in [1.807, 2.05) is 0 Å². The van der Waals surface area contributed by atoms with Crippen molar-refractivity contribution >= 4 is 33.1 Å². The van der Waals surface area contributed by atoms with Gasteiger partial charge in [-0.15, -0.1) is 11.3 Å². The zero-order chi connectivity index (χ0) is 14.7. The Morgan fingerprint density at radius 1 is 1.33 bits per heavy atom. The molecule has 0 saturated heterocycles. The number of amides is 1. The van der Waals surface area contributed by atoms with Crippen molar-refractivity contribution in [3.8, 4) is 5.75 Å². The van der Waals surface area contributed by atoms with Gasteiger partial charge in [-0.2, -0.15) is 0 Å². The summed E-state index contributed by atoms with van der Waals surface area (Å²) in [6.45, 7) is -0.147. The van der Waals surface area contributed by atoms with E-state index in [1.165, 1.54) is 11.3 Å². The third-order valence-electron chi connectivity index (χ3n) is 2.81. The fourth-order valence-corrected chi connectivity index (χ4v) is 2.45. The molecular weight excluding hydrogens is 290 g/mol. The molecule has 0 unspecified atom stereocenters. The summed E-state index contributed by atoms with van der Waals surface area (Å²) in [6, 6.07) is 6.88. The van der Waals surface area contributed by atoms with Crippen LogP contribution in [-0.2, 0) is 4.79 Å². The van der Waals surface area contributed by atoms with E-state index in [-0.39, 0.29) is 18.1 Å². The number of fused-ring (bicyclic) bond motifs is 1. The molecule has 21 heavy (non-hydrogen) atoms. The highest BCUT2D eigenvalue weighted by Crippen LogP contribution is 2.22.